The van der Waals surface area contributed by atoms with Gasteiger partial charge in [0, 0.05) is 19.3 Å². The summed E-state index contributed by atoms with van der Waals surface area (Å²) in [5, 5.41) is 23.2. The quantitative estimate of drug-likeness (QED) is 0.830. The number of anilines is 2. The number of carbonyl (C=O) groups is 2. The van der Waals surface area contributed by atoms with Crippen LogP contribution in [0.2, 0.25) is 0 Å². The molecule has 1 fully saturated rings. The number of nitrogens with one attached hydrogen (secondary N) is 1. The number of carboxylic acids is 1. The van der Waals surface area contributed by atoms with E-state index in [2.05, 4.69) is 25.5 Å². The summed E-state index contributed by atoms with van der Waals surface area (Å²) in [4.78, 5) is 24.8. The maximum absolute atomic E-state index is 12.1. The third-order valence-corrected chi connectivity index (χ3v) is 3.50. The Morgan fingerprint density at radius 1 is 1.22 bits per heavy atom. The highest BCUT2D eigenvalue weighted by Crippen LogP contribution is 2.16. The number of amides is 1. The van der Waals surface area contributed by atoms with E-state index in [0.717, 1.165) is 31.7 Å². The minimum absolute atomic E-state index is 0.193. The number of aromatic nitrogens is 4. The molecule has 2 N–H and O–H groups in total. The zero-order valence-electron chi connectivity index (χ0n) is 12.3. The SMILES string of the molecule is O=C(O)Cn1cc(NC(=O)c2ccc(N3CCCC3)nn2)cn1. The minimum Gasteiger partial charge on any atom is -0.480 e. The van der Waals surface area contributed by atoms with Gasteiger partial charge in [0.2, 0.25) is 0 Å². The van der Waals surface area contributed by atoms with Crippen molar-refractivity contribution in [3.8, 4) is 0 Å². The first-order chi connectivity index (χ1) is 11.1. The second kappa shape index (κ2) is 6.42. The van der Waals surface area contributed by atoms with Crippen molar-refractivity contribution >= 4 is 23.4 Å². The molecule has 1 aliphatic heterocycles. The number of aliphatic carboxylic acids is 1. The fourth-order valence-corrected chi connectivity index (χ4v) is 2.41. The first-order valence-corrected chi connectivity index (χ1v) is 7.26. The van der Waals surface area contributed by atoms with E-state index >= 15 is 0 Å². The Balaban J connectivity index is 1.63. The summed E-state index contributed by atoms with van der Waals surface area (Å²) in [6.45, 7) is 1.66. The van der Waals surface area contributed by atoms with Crippen LogP contribution in [0.3, 0.4) is 0 Å². The Kier molecular flexibility index (Phi) is 4.18. The predicted molar refractivity (Wildman–Crippen MR) is 81.3 cm³/mol. The van der Waals surface area contributed by atoms with Gasteiger partial charge in [-0.25, -0.2) is 0 Å². The fourth-order valence-electron chi connectivity index (χ4n) is 2.41. The third-order valence-electron chi connectivity index (χ3n) is 3.50. The van der Waals surface area contributed by atoms with Crippen molar-refractivity contribution in [1.82, 2.24) is 20.0 Å². The van der Waals surface area contributed by atoms with Crippen LogP contribution >= 0.6 is 0 Å². The van der Waals surface area contributed by atoms with Gasteiger partial charge in [0.15, 0.2) is 11.5 Å². The molecule has 2 aromatic rings. The van der Waals surface area contributed by atoms with Gasteiger partial charge in [0.25, 0.3) is 5.91 Å². The van der Waals surface area contributed by atoms with Crippen LogP contribution in [0.25, 0.3) is 0 Å². The zero-order chi connectivity index (χ0) is 16.2. The van der Waals surface area contributed by atoms with Crippen molar-refractivity contribution in [2.45, 2.75) is 19.4 Å². The van der Waals surface area contributed by atoms with Crippen LogP contribution in [-0.2, 0) is 11.3 Å². The molecule has 0 atom stereocenters. The number of hydrogen-bond acceptors (Lipinski definition) is 6. The lowest BCUT2D eigenvalue weighted by molar-refractivity contribution is -0.137. The summed E-state index contributed by atoms with van der Waals surface area (Å²) >= 11 is 0. The molecule has 1 amide bonds. The van der Waals surface area contributed by atoms with Crippen molar-refractivity contribution in [2.24, 2.45) is 0 Å². The Bertz CT molecular complexity index is 706. The summed E-state index contributed by atoms with van der Waals surface area (Å²) in [5.41, 5.74) is 0.598. The van der Waals surface area contributed by atoms with Crippen LogP contribution in [0.5, 0.6) is 0 Å². The van der Waals surface area contributed by atoms with E-state index in [4.69, 9.17) is 5.11 Å². The van der Waals surface area contributed by atoms with Gasteiger partial charge in [-0.15, -0.1) is 10.2 Å². The lowest BCUT2D eigenvalue weighted by Crippen LogP contribution is -2.20. The lowest BCUT2D eigenvalue weighted by atomic mass is 10.3. The summed E-state index contributed by atoms with van der Waals surface area (Å²) in [6.07, 6.45) is 5.11. The molecule has 23 heavy (non-hydrogen) atoms. The smallest absolute Gasteiger partial charge is 0.325 e. The molecule has 0 radical (unpaired) electrons. The molecule has 0 saturated carbocycles. The Labute approximate surface area is 131 Å². The minimum atomic E-state index is -1.01. The van der Waals surface area contributed by atoms with Crippen LogP contribution in [0.15, 0.2) is 24.5 Å². The highest BCUT2D eigenvalue weighted by atomic mass is 16.4. The van der Waals surface area contributed by atoms with E-state index in [1.54, 1.807) is 12.1 Å². The van der Waals surface area contributed by atoms with E-state index in [1.807, 2.05) is 0 Å². The molecule has 3 rings (SSSR count). The Morgan fingerprint density at radius 2 is 2.00 bits per heavy atom. The van der Waals surface area contributed by atoms with Crippen molar-refractivity contribution < 1.29 is 14.7 Å². The molecular formula is C14H16N6O3. The topological polar surface area (TPSA) is 113 Å². The van der Waals surface area contributed by atoms with Gasteiger partial charge in [-0.3, -0.25) is 14.3 Å². The molecule has 0 bridgehead atoms. The first-order valence-electron chi connectivity index (χ1n) is 7.26. The van der Waals surface area contributed by atoms with Gasteiger partial charge in [-0.1, -0.05) is 0 Å². The molecule has 9 nitrogen and oxygen atoms in total. The van der Waals surface area contributed by atoms with Gasteiger partial charge < -0.3 is 15.3 Å². The molecular weight excluding hydrogens is 300 g/mol. The van der Waals surface area contributed by atoms with Gasteiger partial charge in [0.1, 0.15) is 6.54 Å². The van der Waals surface area contributed by atoms with Gasteiger partial charge in [-0.05, 0) is 25.0 Å². The number of rotatable bonds is 5. The summed E-state index contributed by atoms with van der Waals surface area (Å²) in [5.74, 6) is -0.650. The molecule has 0 spiro atoms. The van der Waals surface area contributed by atoms with Crippen LogP contribution in [0.1, 0.15) is 23.3 Å². The molecule has 0 aliphatic carbocycles. The highest BCUT2D eigenvalue weighted by Gasteiger charge is 2.15. The Hall–Kier alpha value is -2.97. The maximum Gasteiger partial charge on any atom is 0.325 e. The molecule has 1 aliphatic rings. The van der Waals surface area contributed by atoms with Crippen LogP contribution in [-0.4, -0.2) is 50.1 Å². The van der Waals surface area contributed by atoms with Crippen LogP contribution < -0.4 is 10.2 Å². The summed E-state index contributed by atoms with van der Waals surface area (Å²) in [7, 11) is 0. The molecule has 9 heteroatoms. The highest BCUT2D eigenvalue weighted by molar-refractivity contribution is 6.02. The molecule has 1 saturated heterocycles. The molecule has 0 unspecified atom stereocenters. The monoisotopic (exact) mass is 316 g/mol. The number of nitrogens with zero attached hydrogens (tertiary/aromatic N) is 5. The van der Waals surface area contributed by atoms with Crippen molar-refractivity contribution in [1.29, 1.82) is 0 Å². The number of carbonyl (C=O) groups excluding carboxylic acids is 1. The van der Waals surface area contributed by atoms with Gasteiger partial charge in [0.05, 0.1) is 11.9 Å². The van der Waals surface area contributed by atoms with E-state index in [1.165, 1.54) is 17.1 Å². The zero-order valence-corrected chi connectivity index (χ0v) is 12.3. The van der Waals surface area contributed by atoms with Crippen molar-refractivity contribution in [3.63, 3.8) is 0 Å². The predicted octanol–water partition coefficient (Wildman–Crippen LogP) is 0.610. The van der Waals surface area contributed by atoms with E-state index in [-0.39, 0.29) is 12.2 Å². The molecule has 2 aromatic heterocycles. The standard InChI is InChI=1S/C14H16N6O3/c21-13(22)9-20-8-10(7-15-20)16-14(23)11-3-4-12(18-17-11)19-5-1-2-6-19/h3-4,7-8H,1-2,5-6,9H2,(H,16,23)(H,21,22). The molecule has 0 aromatic carbocycles. The number of hydrogen-bond donors (Lipinski definition) is 2. The summed E-state index contributed by atoms with van der Waals surface area (Å²) in [6, 6.07) is 3.40. The second-order valence-corrected chi connectivity index (χ2v) is 5.25. The van der Waals surface area contributed by atoms with Crippen molar-refractivity contribution in [3.05, 3.63) is 30.2 Å². The maximum atomic E-state index is 12.1. The van der Waals surface area contributed by atoms with Crippen LogP contribution in [0.4, 0.5) is 11.5 Å². The average molecular weight is 316 g/mol. The van der Waals surface area contributed by atoms with Crippen LogP contribution in [0, 0.1) is 0 Å². The van der Waals surface area contributed by atoms with E-state index < -0.39 is 11.9 Å². The summed E-state index contributed by atoms with van der Waals surface area (Å²) < 4.78 is 1.22. The third kappa shape index (κ3) is 3.62. The van der Waals surface area contributed by atoms with E-state index in [0.29, 0.717) is 5.69 Å². The van der Waals surface area contributed by atoms with E-state index in [9.17, 15) is 9.59 Å². The molecule has 120 valence electrons. The fraction of sp³-hybridized carbons (Fsp3) is 0.357. The van der Waals surface area contributed by atoms with Crippen molar-refractivity contribution in [2.75, 3.05) is 23.3 Å². The average Bonchev–Trinajstić information content (AvgIpc) is 3.19. The number of carboxylic acid groups (broad SMARTS) is 1. The molecule has 3 heterocycles. The Morgan fingerprint density at radius 3 is 2.65 bits per heavy atom. The van der Waals surface area contributed by atoms with Gasteiger partial charge in [-0.2, -0.15) is 5.10 Å². The lowest BCUT2D eigenvalue weighted by Gasteiger charge is -2.15. The second-order valence-electron chi connectivity index (χ2n) is 5.25. The largest absolute Gasteiger partial charge is 0.480 e. The normalized spacial score (nSPS) is 14.0. The van der Waals surface area contributed by atoms with Gasteiger partial charge >= 0.3 is 5.97 Å². The first kappa shape index (κ1) is 14.9.